The van der Waals surface area contributed by atoms with Gasteiger partial charge in [0.1, 0.15) is 0 Å². The summed E-state index contributed by atoms with van der Waals surface area (Å²) < 4.78 is 0. The van der Waals surface area contributed by atoms with Gasteiger partial charge in [0.25, 0.3) is 0 Å². The molecule has 0 radical (unpaired) electrons. The molecule has 1 atom stereocenters. The van der Waals surface area contributed by atoms with E-state index in [1.54, 1.807) is 0 Å². The number of rotatable bonds is 2. The smallest absolute Gasteiger partial charge is 0.0198 e. The lowest BCUT2D eigenvalue weighted by atomic mass is 9.87. The second-order valence-electron chi connectivity index (χ2n) is 6.44. The summed E-state index contributed by atoms with van der Waals surface area (Å²) in [4.78, 5) is 0. The number of hydrogen-bond donors (Lipinski definition) is 1. The molecule has 94 valence electrons. The second-order valence-corrected chi connectivity index (χ2v) is 6.44. The van der Waals surface area contributed by atoms with Crippen molar-refractivity contribution in [1.29, 1.82) is 0 Å². The predicted molar refractivity (Wildman–Crippen MR) is 74.2 cm³/mol. The van der Waals surface area contributed by atoms with E-state index in [4.69, 9.17) is 0 Å². The van der Waals surface area contributed by atoms with Gasteiger partial charge in [0.15, 0.2) is 0 Å². The summed E-state index contributed by atoms with van der Waals surface area (Å²) in [6.07, 6.45) is 6.41. The quantitative estimate of drug-likeness (QED) is 0.813. The van der Waals surface area contributed by atoms with Gasteiger partial charge in [-0.1, -0.05) is 43.2 Å². The fourth-order valence-electron chi connectivity index (χ4n) is 3.20. The number of benzene rings is 1. The normalized spacial score (nSPS) is 28.6. The third-order valence-corrected chi connectivity index (χ3v) is 3.86. The molecule has 1 aromatic rings. The van der Waals surface area contributed by atoms with Gasteiger partial charge in [0, 0.05) is 11.1 Å². The minimum Gasteiger partial charge on any atom is -0.306 e. The lowest BCUT2D eigenvalue weighted by molar-refractivity contribution is 0.249. The molecule has 1 fully saturated rings. The summed E-state index contributed by atoms with van der Waals surface area (Å²) >= 11 is 0. The Labute approximate surface area is 106 Å². The molecule has 0 bridgehead atoms. The summed E-state index contributed by atoms with van der Waals surface area (Å²) in [5.41, 5.74) is 1.97. The Morgan fingerprint density at radius 1 is 1.00 bits per heavy atom. The zero-order valence-corrected chi connectivity index (χ0v) is 11.4. The molecular formula is C16H25N. The average molecular weight is 231 g/mol. The summed E-state index contributed by atoms with van der Waals surface area (Å²) in [6.45, 7) is 7.05. The van der Waals surface area contributed by atoms with Crippen molar-refractivity contribution in [3.05, 3.63) is 35.9 Å². The Bertz CT molecular complexity index is 355. The maximum atomic E-state index is 3.88. The van der Waals surface area contributed by atoms with E-state index in [0.717, 1.165) is 6.42 Å². The van der Waals surface area contributed by atoms with Gasteiger partial charge in [0.2, 0.25) is 0 Å². The third kappa shape index (κ3) is 3.57. The molecule has 0 saturated carbocycles. The number of hydrogen-bond acceptors (Lipinski definition) is 1. The van der Waals surface area contributed by atoms with Crippen LogP contribution in [-0.2, 0) is 6.42 Å². The molecule has 0 amide bonds. The molecule has 1 nitrogen and oxygen atoms in total. The molecule has 1 unspecified atom stereocenters. The van der Waals surface area contributed by atoms with Crippen LogP contribution >= 0.6 is 0 Å². The second kappa shape index (κ2) is 4.81. The predicted octanol–water partition coefficient (Wildman–Crippen LogP) is 3.93. The van der Waals surface area contributed by atoms with Crippen molar-refractivity contribution in [2.75, 3.05) is 0 Å². The Morgan fingerprint density at radius 2 is 1.65 bits per heavy atom. The maximum Gasteiger partial charge on any atom is 0.0198 e. The molecule has 0 aliphatic carbocycles. The maximum absolute atomic E-state index is 3.88. The lowest BCUT2D eigenvalue weighted by Crippen LogP contribution is -2.53. The van der Waals surface area contributed by atoms with E-state index in [9.17, 15) is 0 Å². The molecule has 1 aliphatic rings. The van der Waals surface area contributed by atoms with E-state index in [-0.39, 0.29) is 11.1 Å². The molecule has 1 heterocycles. The molecule has 1 aliphatic heterocycles. The van der Waals surface area contributed by atoms with Crippen LogP contribution in [0.3, 0.4) is 0 Å². The zero-order chi connectivity index (χ0) is 12.4. The molecule has 0 spiro atoms. The standard InChI is InChI=1S/C16H25N/c1-15(2)11-7-8-12-16(3,17-15)13-14-9-5-4-6-10-14/h4-6,9-10,17H,7-8,11-13H2,1-3H3. The molecule has 1 saturated heterocycles. The average Bonchev–Trinajstić information content (AvgIpc) is 2.37. The Morgan fingerprint density at radius 3 is 2.35 bits per heavy atom. The van der Waals surface area contributed by atoms with Gasteiger partial charge < -0.3 is 5.32 Å². The van der Waals surface area contributed by atoms with Gasteiger partial charge in [0.05, 0.1) is 0 Å². The van der Waals surface area contributed by atoms with Crippen molar-refractivity contribution in [3.63, 3.8) is 0 Å². The lowest BCUT2D eigenvalue weighted by Gasteiger charge is -2.37. The molecule has 1 aromatic carbocycles. The van der Waals surface area contributed by atoms with E-state index < -0.39 is 0 Å². The van der Waals surface area contributed by atoms with E-state index in [0.29, 0.717) is 0 Å². The van der Waals surface area contributed by atoms with Crippen molar-refractivity contribution >= 4 is 0 Å². The van der Waals surface area contributed by atoms with Crippen molar-refractivity contribution in [2.24, 2.45) is 0 Å². The van der Waals surface area contributed by atoms with Gasteiger partial charge in [-0.25, -0.2) is 0 Å². The summed E-state index contributed by atoms with van der Waals surface area (Å²) in [5.74, 6) is 0. The van der Waals surface area contributed by atoms with E-state index in [1.807, 2.05) is 0 Å². The van der Waals surface area contributed by atoms with Gasteiger partial charge in [-0.3, -0.25) is 0 Å². The number of nitrogens with one attached hydrogen (secondary N) is 1. The van der Waals surface area contributed by atoms with Crippen LogP contribution in [0.15, 0.2) is 30.3 Å². The minimum atomic E-state index is 0.251. The first kappa shape index (κ1) is 12.6. The third-order valence-electron chi connectivity index (χ3n) is 3.86. The minimum absolute atomic E-state index is 0.251. The Kier molecular flexibility index (Phi) is 3.58. The van der Waals surface area contributed by atoms with Crippen LogP contribution in [0.4, 0.5) is 0 Å². The van der Waals surface area contributed by atoms with Crippen LogP contribution < -0.4 is 5.32 Å². The highest BCUT2D eigenvalue weighted by molar-refractivity contribution is 5.18. The zero-order valence-electron chi connectivity index (χ0n) is 11.4. The van der Waals surface area contributed by atoms with E-state index >= 15 is 0 Å². The van der Waals surface area contributed by atoms with Crippen molar-refractivity contribution in [1.82, 2.24) is 5.32 Å². The monoisotopic (exact) mass is 231 g/mol. The van der Waals surface area contributed by atoms with Crippen LogP contribution in [-0.4, -0.2) is 11.1 Å². The van der Waals surface area contributed by atoms with Crippen LogP contribution in [0.2, 0.25) is 0 Å². The molecule has 17 heavy (non-hydrogen) atoms. The first-order valence-electron chi connectivity index (χ1n) is 6.82. The first-order chi connectivity index (χ1) is 7.99. The van der Waals surface area contributed by atoms with E-state index in [2.05, 4.69) is 56.4 Å². The Hall–Kier alpha value is -0.820. The highest BCUT2D eigenvalue weighted by Gasteiger charge is 2.33. The SMILES string of the molecule is CC1(C)CCCCC(C)(Cc2ccccc2)N1. The van der Waals surface area contributed by atoms with Gasteiger partial charge >= 0.3 is 0 Å². The molecule has 2 rings (SSSR count). The van der Waals surface area contributed by atoms with Gasteiger partial charge in [-0.2, -0.15) is 0 Å². The highest BCUT2D eigenvalue weighted by atomic mass is 15.0. The summed E-state index contributed by atoms with van der Waals surface area (Å²) in [5, 5.41) is 3.88. The summed E-state index contributed by atoms with van der Waals surface area (Å²) in [6, 6.07) is 10.9. The largest absolute Gasteiger partial charge is 0.306 e. The van der Waals surface area contributed by atoms with Crippen molar-refractivity contribution in [2.45, 2.75) is 64.0 Å². The van der Waals surface area contributed by atoms with E-state index in [1.165, 1.54) is 31.2 Å². The van der Waals surface area contributed by atoms with Crippen molar-refractivity contribution in [3.8, 4) is 0 Å². The molecule has 1 heteroatoms. The van der Waals surface area contributed by atoms with Crippen LogP contribution in [0.25, 0.3) is 0 Å². The van der Waals surface area contributed by atoms with Crippen LogP contribution in [0, 0.1) is 0 Å². The summed E-state index contributed by atoms with van der Waals surface area (Å²) in [7, 11) is 0. The first-order valence-corrected chi connectivity index (χ1v) is 6.82. The fraction of sp³-hybridized carbons (Fsp3) is 0.625. The fourth-order valence-corrected chi connectivity index (χ4v) is 3.20. The van der Waals surface area contributed by atoms with Crippen LogP contribution in [0.5, 0.6) is 0 Å². The van der Waals surface area contributed by atoms with Gasteiger partial charge in [-0.05, 0) is 45.6 Å². The highest BCUT2D eigenvalue weighted by Crippen LogP contribution is 2.29. The van der Waals surface area contributed by atoms with Crippen molar-refractivity contribution < 1.29 is 0 Å². The Balaban J connectivity index is 2.12. The molecule has 1 N–H and O–H groups in total. The van der Waals surface area contributed by atoms with Crippen LogP contribution in [0.1, 0.15) is 52.0 Å². The van der Waals surface area contributed by atoms with Gasteiger partial charge in [-0.15, -0.1) is 0 Å². The topological polar surface area (TPSA) is 12.0 Å². The molecule has 0 aromatic heterocycles. The molecular weight excluding hydrogens is 206 g/mol.